The fraction of sp³-hybridized carbons (Fsp3) is 0.471. The van der Waals surface area contributed by atoms with Crippen LogP contribution in [0.1, 0.15) is 20.3 Å². The molecule has 1 heterocycles. The molecule has 2 unspecified atom stereocenters. The van der Waals surface area contributed by atoms with Gasteiger partial charge in [-0.05, 0) is 38.1 Å². The molecule has 8 nitrogen and oxygen atoms in total. The van der Waals surface area contributed by atoms with E-state index in [9.17, 15) is 9.18 Å². The summed E-state index contributed by atoms with van der Waals surface area (Å²) in [5, 5.41) is 17.6. The van der Waals surface area contributed by atoms with Gasteiger partial charge in [-0.15, -0.1) is 0 Å². The first-order chi connectivity index (χ1) is 12.2. The summed E-state index contributed by atoms with van der Waals surface area (Å²) in [6.07, 6.45) is 0.842. The number of ether oxygens (including phenoxy) is 1. The zero-order valence-electron chi connectivity index (χ0n) is 14.6. The van der Waals surface area contributed by atoms with E-state index in [0.29, 0.717) is 18.7 Å². The second kappa shape index (κ2) is 10.5. The number of carbonyl (C=O) groups is 3. The Morgan fingerprint density at radius 1 is 1.12 bits per heavy atom. The van der Waals surface area contributed by atoms with E-state index in [0.717, 1.165) is 13.1 Å². The molecule has 1 fully saturated rings. The lowest BCUT2D eigenvalue weighted by Gasteiger charge is -2.35. The summed E-state index contributed by atoms with van der Waals surface area (Å²) >= 11 is 0. The molecule has 0 saturated carbocycles. The number of hydrogen-bond donors (Lipinski definition) is 3. The predicted octanol–water partition coefficient (Wildman–Crippen LogP) is 1.42. The molecule has 2 atom stereocenters. The topological polar surface area (TPSA) is 116 Å². The maximum atomic E-state index is 12.8. The summed E-state index contributed by atoms with van der Waals surface area (Å²) < 4.78 is 18.4. The maximum Gasteiger partial charge on any atom is 0.414 e. The number of aliphatic carboxylic acids is 2. The van der Waals surface area contributed by atoms with Crippen molar-refractivity contribution in [3.05, 3.63) is 30.1 Å². The number of nitrogens with zero attached hydrogens (tertiary/aromatic N) is 1. The molecule has 3 N–H and O–H groups in total. The first-order valence-corrected chi connectivity index (χ1v) is 8.06. The number of amides is 1. The number of hydrogen-bond acceptors (Lipinski definition) is 5. The number of carboxylic acid groups (broad SMARTS) is 2. The van der Waals surface area contributed by atoms with Crippen molar-refractivity contribution >= 4 is 23.5 Å². The summed E-state index contributed by atoms with van der Waals surface area (Å²) in [6, 6.07) is 5.79. The summed E-state index contributed by atoms with van der Waals surface area (Å²) in [6.45, 7) is 6.51. The molecule has 1 aromatic rings. The van der Waals surface area contributed by atoms with Gasteiger partial charge in [-0.25, -0.2) is 14.0 Å². The Bertz CT molecular complexity index is 600. The van der Waals surface area contributed by atoms with Gasteiger partial charge in [0.2, 0.25) is 5.91 Å². The Morgan fingerprint density at radius 3 is 2.08 bits per heavy atom. The number of halogens is 1. The summed E-state index contributed by atoms with van der Waals surface area (Å²) in [7, 11) is 0. The van der Waals surface area contributed by atoms with Crippen molar-refractivity contribution in [1.82, 2.24) is 4.90 Å². The van der Waals surface area contributed by atoms with Gasteiger partial charge in [0.1, 0.15) is 5.82 Å². The van der Waals surface area contributed by atoms with E-state index in [1.165, 1.54) is 12.1 Å². The number of carbonyl (C=O) groups excluding carboxylic acids is 1. The molecule has 1 amide bonds. The molecule has 0 aromatic heterocycles. The minimum absolute atomic E-state index is 0.0524. The fourth-order valence-corrected chi connectivity index (χ4v) is 2.48. The fourth-order valence-electron chi connectivity index (χ4n) is 2.48. The van der Waals surface area contributed by atoms with Crippen molar-refractivity contribution in [2.24, 2.45) is 0 Å². The van der Waals surface area contributed by atoms with Crippen molar-refractivity contribution in [3.8, 4) is 0 Å². The largest absolute Gasteiger partial charge is 0.473 e. The molecule has 144 valence electrons. The van der Waals surface area contributed by atoms with Gasteiger partial charge in [-0.3, -0.25) is 9.69 Å². The Hall–Kier alpha value is -2.52. The Kier molecular flexibility index (Phi) is 8.66. The first kappa shape index (κ1) is 21.5. The van der Waals surface area contributed by atoms with Crippen molar-refractivity contribution in [2.75, 3.05) is 25.0 Å². The monoisotopic (exact) mass is 370 g/mol. The third kappa shape index (κ3) is 8.54. The van der Waals surface area contributed by atoms with Gasteiger partial charge < -0.3 is 20.3 Å². The third-order valence-electron chi connectivity index (χ3n) is 3.46. The van der Waals surface area contributed by atoms with Gasteiger partial charge in [0.05, 0.1) is 12.2 Å². The SMILES string of the molecule is CC1CN(CCC(=O)Nc2ccc(F)cc2)CC(C)O1.O=C(O)C(=O)O. The van der Waals surface area contributed by atoms with Crippen LogP contribution < -0.4 is 5.32 Å². The van der Waals surface area contributed by atoms with Crippen molar-refractivity contribution in [3.63, 3.8) is 0 Å². The number of rotatable bonds is 4. The average molecular weight is 370 g/mol. The quantitative estimate of drug-likeness (QED) is 0.686. The minimum atomic E-state index is -1.82. The van der Waals surface area contributed by atoms with Crippen LogP contribution in [0.2, 0.25) is 0 Å². The van der Waals surface area contributed by atoms with Crippen LogP contribution in [0.25, 0.3) is 0 Å². The highest BCUT2D eigenvalue weighted by Crippen LogP contribution is 2.12. The molecule has 0 bridgehead atoms. The number of nitrogens with one attached hydrogen (secondary N) is 1. The molecule has 0 aliphatic carbocycles. The molecule has 1 aromatic carbocycles. The molecule has 2 rings (SSSR count). The van der Waals surface area contributed by atoms with Crippen LogP contribution in [0.3, 0.4) is 0 Å². The van der Waals surface area contributed by atoms with Gasteiger partial charge in [0, 0.05) is 31.7 Å². The Balaban J connectivity index is 0.000000487. The molecule has 26 heavy (non-hydrogen) atoms. The van der Waals surface area contributed by atoms with E-state index in [2.05, 4.69) is 10.2 Å². The van der Waals surface area contributed by atoms with E-state index in [1.807, 2.05) is 13.8 Å². The number of morpholine rings is 1. The van der Waals surface area contributed by atoms with E-state index < -0.39 is 11.9 Å². The number of benzene rings is 1. The Labute approximate surface area is 150 Å². The molecular weight excluding hydrogens is 347 g/mol. The molecule has 0 spiro atoms. The van der Waals surface area contributed by atoms with Crippen LogP contribution in [-0.4, -0.2) is 64.8 Å². The van der Waals surface area contributed by atoms with Gasteiger partial charge in [0.15, 0.2) is 0 Å². The van der Waals surface area contributed by atoms with Crippen LogP contribution in [-0.2, 0) is 19.1 Å². The molecule has 1 aliphatic rings. The van der Waals surface area contributed by atoms with Crippen LogP contribution in [0.5, 0.6) is 0 Å². The molecular formula is C17H23FN2O6. The molecule has 9 heteroatoms. The first-order valence-electron chi connectivity index (χ1n) is 8.06. The van der Waals surface area contributed by atoms with E-state index >= 15 is 0 Å². The highest BCUT2D eigenvalue weighted by Gasteiger charge is 2.22. The van der Waals surface area contributed by atoms with Gasteiger partial charge in [-0.1, -0.05) is 0 Å². The summed E-state index contributed by atoms with van der Waals surface area (Å²) in [5.41, 5.74) is 0.625. The molecule has 0 radical (unpaired) electrons. The lowest BCUT2D eigenvalue weighted by Crippen LogP contribution is -2.46. The highest BCUT2D eigenvalue weighted by molar-refractivity contribution is 6.27. The lowest BCUT2D eigenvalue weighted by molar-refractivity contribution is -0.159. The predicted molar refractivity (Wildman–Crippen MR) is 91.4 cm³/mol. The van der Waals surface area contributed by atoms with Crippen LogP contribution in [0.15, 0.2) is 24.3 Å². The van der Waals surface area contributed by atoms with E-state index in [-0.39, 0.29) is 23.9 Å². The van der Waals surface area contributed by atoms with Crippen molar-refractivity contribution in [1.29, 1.82) is 0 Å². The average Bonchev–Trinajstić information content (AvgIpc) is 2.55. The minimum Gasteiger partial charge on any atom is -0.473 e. The van der Waals surface area contributed by atoms with Crippen molar-refractivity contribution < 1.29 is 33.7 Å². The highest BCUT2D eigenvalue weighted by atomic mass is 19.1. The van der Waals surface area contributed by atoms with Crippen LogP contribution in [0, 0.1) is 5.82 Å². The van der Waals surface area contributed by atoms with Gasteiger partial charge in [0.25, 0.3) is 0 Å². The maximum absolute atomic E-state index is 12.8. The third-order valence-corrected chi connectivity index (χ3v) is 3.46. The van der Waals surface area contributed by atoms with Gasteiger partial charge in [-0.2, -0.15) is 0 Å². The van der Waals surface area contributed by atoms with E-state index in [1.54, 1.807) is 12.1 Å². The summed E-state index contributed by atoms with van der Waals surface area (Å²) in [4.78, 5) is 32.3. The molecule has 1 aliphatic heterocycles. The van der Waals surface area contributed by atoms with Crippen LogP contribution >= 0.6 is 0 Å². The smallest absolute Gasteiger partial charge is 0.414 e. The van der Waals surface area contributed by atoms with E-state index in [4.69, 9.17) is 24.5 Å². The van der Waals surface area contributed by atoms with Crippen molar-refractivity contribution in [2.45, 2.75) is 32.5 Å². The summed E-state index contributed by atoms with van der Waals surface area (Å²) in [5.74, 6) is -4.01. The van der Waals surface area contributed by atoms with Gasteiger partial charge >= 0.3 is 11.9 Å². The second-order valence-corrected chi connectivity index (χ2v) is 5.93. The standard InChI is InChI=1S/C15H21FN2O2.C2H2O4/c1-11-9-18(10-12(2)20-11)8-7-15(19)17-14-5-3-13(16)4-6-14;3-1(4)2(5)6/h3-6,11-12H,7-10H2,1-2H3,(H,17,19);(H,3,4)(H,5,6). The number of anilines is 1. The number of carboxylic acids is 2. The second-order valence-electron chi connectivity index (χ2n) is 5.93. The molecule has 1 saturated heterocycles. The van der Waals surface area contributed by atoms with Crippen LogP contribution in [0.4, 0.5) is 10.1 Å². The lowest BCUT2D eigenvalue weighted by atomic mass is 10.2. The Morgan fingerprint density at radius 2 is 1.62 bits per heavy atom. The normalized spacial score (nSPS) is 19.8. The zero-order valence-corrected chi connectivity index (χ0v) is 14.6. The zero-order chi connectivity index (χ0) is 19.7.